The highest BCUT2D eigenvalue weighted by molar-refractivity contribution is 5.91. The summed E-state index contributed by atoms with van der Waals surface area (Å²) in [6.07, 6.45) is 3.45. The number of carbonyl (C=O) groups excluding carboxylic acids is 1. The fourth-order valence-electron chi connectivity index (χ4n) is 2.43. The van der Waals surface area contributed by atoms with Crippen LogP contribution in [0.1, 0.15) is 22.3 Å². The summed E-state index contributed by atoms with van der Waals surface area (Å²) in [7, 11) is 3.44. The molecule has 0 heterocycles. The van der Waals surface area contributed by atoms with Crippen molar-refractivity contribution in [3.05, 3.63) is 70.8 Å². The van der Waals surface area contributed by atoms with E-state index < -0.39 is 0 Å². The molecule has 1 amide bonds. The predicted octanol–water partition coefficient (Wildman–Crippen LogP) is 3.98. The summed E-state index contributed by atoms with van der Waals surface area (Å²) in [5.41, 5.74) is 4.36. The Bertz CT molecular complexity index is 719. The Balaban J connectivity index is 2.07. The number of carbonyl (C=O) groups is 1. The molecule has 0 aliphatic heterocycles. The van der Waals surface area contributed by atoms with Crippen LogP contribution in [0.3, 0.4) is 0 Å². The van der Waals surface area contributed by atoms with Crippen LogP contribution in [0, 0.1) is 13.8 Å². The maximum absolute atomic E-state index is 12.3. The first-order valence-electron chi connectivity index (χ1n) is 7.63. The molecule has 0 saturated carbocycles. The first kappa shape index (κ1) is 16.8. The van der Waals surface area contributed by atoms with Crippen molar-refractivity contribution in [1.82, 2.24) is 4.90 Å². The van der Waals surface area contributed by atoms with E-state index in [1.165, 1.54) is 5.56 Å². The average molecular weight is 309 g/mol. The number of ether oxygens (including phenoxy) is 1. The van der Waals surface area contributed by atoms with Gasteiger partial charge in [-0.2, -0.15) is 0 Å². The van der Waals surface area contributed by atoms with E-state index in [0.29, 0.717) is 6.54 Å². The second-order valence-corrected chi connectivity index (χ2v) is 5.76. The first-order chi connectivity index (χ1) is 11.0. The maximum atomic E-state index is 12.3. The van der Waals surface area contributed by atoms with Gasteiger partial charge in [0.15, 0.2) is 0 Å². The molecule has 0 aromatic heterocycles. The molecule has 120 valence electrons. The molecule has 0 spiro atoms. The highest BCUT2D eigenvalue weighted by atomic mass is 16.5. The minimum Gasteiger partial charge on any atom is -0.496 e. The molecule has 23 heavy (non-hydrogen) atoms. The van der Waals surface area contributed by atoms with Gasteiger partial charge in [-0.3, -0.25) is 4.79 Å². The van der Waals surface area contributed by atoms with Crippen molar-refractivity contribution in [2.45, 2.75) is 20.4 Å². The van der Waals surface area contributed by atoms with Crippen LogP contribution in [-0.2, 0) is 11.3 Å². The van der Waals surface area contributed by atoms with Crippen LogP contribution in [0.4, 0.5) is 0 Å². The molecule has 2 rings (SSSR count). The van der Waals surface area contributed by atoms with Crippen molar-refractivity contribution in [1.29, 1.82) is 0 Å². The quantitative estimate of drug-likeness (QED) is 0.782. The van der Waals surface area contributed by atoms with E-state index in [-0.39, 0.29) is 5.91 Å². The second-order valence-electron chi connectivity index (χ2n) is 5.76. The van der Waals surface area contributed by atoms with Crippen molar-refractivity contribution in [3.8, 4) is 5.75 Å². The van der Waals surface area contributed by atoms with E-state index in [1.807, 2.05) is 62.4 Å². The zero-order valence-corrected chi connectivity index (χ0v) is 14.2. The predicted molar refractivity (Wildman–Crippen MR) is 94.4 cm³/mol. The van der Waals surface area contributed by atoms with Crippen LogP contribution in [-0.4, -0.2) is 25.0 Å². The Kier molecular flexibility index (Phi) is 5.58. The van der Waals surface area contributed by atoms with E-state index in [1.54, 1.807) is 25.1 Å². The third kappa shape index (κ3) is 4.71. The minimum atomic E-state index is -0.0323. The number of rotatable bonds is 5. The molecule has 2 aromatic carbocycles. The van der Waals surface area contributed by atoms with Gasteiger partial charge in [-0.05, 0) is 31.6 Å². The summed E-state index contributed by atoms with van der Waals surface area (Å²) in [6, 6.07) is 14.0. The molecular formula is C20H23NO2. The smallest absolute Gasteiger partial charge is 0.246 e. The molecule has 0 N–H and O–H groups in total. The number of nitrogens with zero attached hydrogens (tertiary/aromatic N) is 1. The number of hydrogen-bond donors (Lipinski definition) is 0. The standard InChI is InChI=1S/C20H23NO2/c1-15-6-5-7-17(12-15)9-11-20(22)21(3)14-18-13-16(2)8-10-19(18)23-4/h5-13H,14H2,1-4H3/b11-9+. The molecule has 0 unspecified atom stereocenters. The molecular weight excluding hydrogens is 286 g/mol. The maximum Gasteiger partial charge on any atom is 0.246 e. The zero-order valence-electron chi connectivity index (χ0n) is 14.2. The van der Waals surface area contributed by atoms with Crippen LogP contribution in [0.2, 0.25) is 0 Å². The van der Waals surface area contributed by atoms with E-state index in [2.05, 4.69) is 0 Å². The van der Waals surface area contributed by atoms with Crippen molar-refractivity contribution >= 4 is 12.0 Å². The Labute approximate surface area is 138 Å². The molecule has 0 radical (unpaired) electrons. The summed E-state index contributed by atoms with van der Waals surface area (Å²) in [5, 5.41) is 0. The van der Waals surface area contributed by atoms with Crippen LogP contribution < -0.4 is 4.74 Å². The molecule has 0 fully saturated rings. The molecule has 3 heteroatoms. The lowest BCUT2D eigenvalue weighted by atomic mass is 10.1. The Morgan fingerprint density at radius 1 is 1.13 bits per heavy atom. The number of methoxy groups -OCH3 is 1. The highest BCUT2D eigenvalue weighted by Gasteiger charge is 2.10. The van der Waals surface area contributed by atoms with Crippen LogP contribution >= 0.6 is 0 Å². The summed E-state index contributed by atoms with van der Waals surface area (Å²) in [5.74, 6) is 0.771. The van der Waals surface area contributed by atoms with Gasteiger partial charge >= 0.3 is 0 Å². The van der Waals surface area contributed by atoms with E-state index in [9.17, 15) is 4.79 Å². The van der Waals surface area contributed by atoms with Crippen molar-refractivity contribution < 1.29 is 9.53 Å². The lowest BCUT2D eigenvalue weighted by Gasteiger charge is -2.17. The number of likely N-dealkylation sites (N-methyl/N-ethyl adjacent to an activating group) is 1. The monoisotopic (exact) mass is 309 g/mol. The topological polar surface area (TPSA) is 29.5 Å². The minimum absolute atomic E-state index is 0.0323. The SMILES string of the molecule is COc1ccc(C)cc1CN(C)C(=O)/C=C/c1cccc(C)c1. The molecule has 0 aliphatic carbocycles. The first-order valence-corrected chi connectivity index (χ1v) is 7.63. The van der Waals surface area contributed by atoms with Gasteiger partial charge in [-0.1, -0.05) is 47.5 Å². The Hall–Kier alpha value is -2.55. The average Bonchev–Trinajstić information content (AvgIpc) is 2.53. The van der Waals surface area contributed by atoms with E-state index in [0.717, 1.165) is 22.4 Å². The molecule has 3 nitrogen and oxygen atoms in total. The highest BCUT2D eigenvalue weighted by Crippen LogP contribution is 2.21. The third-order valence-electron chi connectivity index (χ3n) is 3.68. The molecule has 0 saturated heterocycles. The molecule has 2 aromatic rings. The molecule has 0 atom stereocenters. The number of hydrogen-bond acceptors (Lipinski definition) is 2. The summed E-state index contributed by atoms with van der Waals surface area (Å²) in [4.78, 5) is 14.0. The van der Waals surface area contributed by atoms with Gasteiger partial charge in [0.25, 0.3) is 0 Å². The Morgan fingerprint density at radius 2 is 1.87 bits per heavy atom. The van der Waals surface area contributed by atoms with Crippen LogP contribution in [0.15, 0.2) is 48.5 Å². The van der Waals surface area contributed by atoms with Gasteiger partial charge in [-0.15, -0.1) is 0 Å². The normalized spacial score (nSPS) is 10.8. The number of aryl methyl sites for hydroxylation is 2. The molecule has 0 aliphatic rings. The van der Waals surface area contributed by atoms with Crippen molar-refractivity contribution in [2.24, 2.45) is 0 Å². The van der Waals surface area contributed by atoms with Crippen molar-refractivity contribution in [3.63, 3.8) is 0 Å². The van der Waals surface area contributed by atoms with Gasteiger partial charge in [0.2, 0.25) is 5.91 Å². The number of amides is 1. The van der Waals surface area contributed by atoms with E-state index >= 15 is 0 Å². The van der Waals surface area contributed by atoms with Gasteiger partial charge in [0, 0.05) is 25.2 Å². The van der Waals surface area contributed by atoms with Gasteiger partial charge in [-0.25, -0.2) is 0 Å². The van der Waals surface area contributed by atoms with Crippen molar-refractivity contribution in [2.75, 3.05) is 14.2 Å². The number of benzene rings is 2. The largest absolute Gasteiger partial charge is 0.496 e. The lowest BCUT2D eigenvalue weighted by molar-refractivity contribution is -0.125. The third-order valence-corrected chi connectivity index (χ3v) is 3.68. The summed E-state index contributed by atoms with van der Waals surface area (Å²) < 4.78 is 5.37. The lowest BCUT2D eigenvalue weighted by Crippen LogP contribution is -2.24. The van der Waals surface area contributed by atoms with Crippen LogP contribution in [0.25, 0.3) is 6.08 Å². The van der Waals surface area contributed by atoms with Gasteiger partial charge in [0.05, 0.1) is 7.11 Å². The Morgan fingerprint density at radius 3 is 2.57 bits per heavy atom. The summed E-state index contributed by atoms with van der Waals surface area (Å²) >= 11 is 0. The van der Waals surface area contributed by atoms with E-state index in [4.69, 9.17) is 4.74 Å². The van der Waals surface area contributed by atoms with Crippen LogP contribution in [0.5, 0.6) is 5.75 Å². The fraction of sp³-hybridized carbons (Fsp3) is 0.250. The second kappa shape index (κ2) is 7.63. The fourth-order valence-corrected chi connectivity index (χ4v) is 2.43. The molecule has 0 bridgehead atoms. The zero-order chi connectivity index (χ0) is 16.8. The summed E-state index contributed by atoms with van der Waals surface area (Å²) in [6.45, 7) is 4.58. The van der Waals surface area contributed by atoms with Gasteiger partial charge < -0.3 is 9.64 Å². The van der Waals surface area contributed by atoms with Gasteiger partial charge in [0.1, 0.15) is 5.75 Å².